The van der Waals surface area contributed by atoms with E-state index in [1.54, 1.807) is 7.11 Å². The predicted octanol–water partition coefficient (Wildman–Crippen LogP) is 3.17. The maximum atomic E-state index is 12.8. The quantitative estimate of drug-likeness (QED) is 0.899. The van der Waals surface area contributed by atoms with Gasteiger partial charge in [-0.1, -0.05) is 19.3 Å². The minimum Gasteiger partial charge on any atom is -0.511 e. The van der Waals surface area contributed by atoms with Gasteiger partial charge in [-0.2, -0.15) is 0 Å². The lowest BCUT2D eigenvalue weighted by molar-refractivity contribution is -0.116. The van der Waals surface area contributed by atoms with Crippen LogP contribution in [0.2, 0.25) is 0 Å². The van der Waals surface area contributed by atoms with Gasteiger partial charge in [-0.15, -0.1) is 0 Å². The summed E-state index contributed by atoms with van der Waals surface area (Å²) in [5, 5.41) is 13.5. The Kier molecular flexibility index (Phi) is 4.11. The molecule has 1 saturated carbocycles. The van der Waals surface area contributed by atoms with Gasteiger partial charge in [0, 0.05) is 25.1 Å². The minimum atomic E-state index is -0.215. The van der Waals surface area contributed by atoms with E-state index in [-0.39, 0.29) is 17.7 Å². The molecule has 4 rings (SSSR count). The number of aryl methyl sites for hydroxylation is 1. The average Bonchev–Trinajstić information content (AvgIpc) is 2.99. The Morgan fingerprint density at radius 3 is 2.88 bits per heavy atom. The molecule has 0 radical (unpaired) electrons. The molecule has 0 atom stereocenters. The van der Waals surface area contributed by atoms with Crippen LogP contribution in [0, 0.1) is 0 Å². The van der Waals surface area contributed by atoms with Gasteiger partial charge >= 0.3 is 0 Å². The maximum Gasteiger partial charge on any atom is 0.258 e. The van der Waals surface area contributed by atoms with E-state index in [0.717, 1.165) is 42.5 Å². The molecule has 132 valence electrons. The van der Waals surface area contributed by atoms with Crippen molar-refractivity contribution in [2.24, 2.45) is 0 Å². The van der Waals surface area contributed by atoms with Crippen molar-refractivity contribution in [3.05, 3.63) is 29.8 Å². The summed E-state index contributed by atoms with van der Waals surface area (Å²) in [6.45, 7) is 0.615. The number of allylic oxidation sites excluding steroid dienone is 1. The fraction of sp³-hybridized carbons (Fsp3) is 0.474. The zero-order valence-electron chi connectivity index (χ0n) is 14.4. The molecular weight excluding hydrogens is 318 g/mol. The van der Waals surface area contributed by atoms with E-state index in [1.165, 1.54) is 6.42 Å². The fourth-order valence-corrected chi connectivity index (χ4v) is 3.86. The number of hydrogen-bond donors (Lipinski definition) is 2. The van der Waals surface area contributed by atoms with Gasteiger partial charge in [-0.3, -0.25) is 4.79 Å². The highest BCUT2D eigenvalue weighted by Crippen LogP contribution is 2.31. The van der Waals surface area contributed by atoms with E-state index in [0.29, 0.717) is 24.4 Å². The van der Waals surface area contributed by atoms with Gasteiger partial charge < -0.3 is 19.7 Å². The summed E-state index contributed by atoms with van der Waals surface area (Å²) in [6, 6.07) is 5.89. The number of aromatic nitrogens is 2. The van der Waals surface area contributed by atoms with Crippen LogP contribution >= 0.6 is 0 Å². The van der Waals surface area contributed by atoms with Crippen LogP contribution in [0.3, 0.4) is 0 Å². The number of fused-ring (bicyclic) bond motifs is 3. The first-order valence-electron chi connectivity index (χ1n) is 8.95. The zero-order valence-corrected chi connectivity index (χ0v) is 14.4. The summed E-state index contributed by atoms with van der Waals surface area (Å²) in [4.78, 5) is 17.4. The third-order valence-corrected chi connectivity index (χ3v) is 5.21. The van der Waals surface area contributed by atoms with Crippen molar-refractivity contribution in [1.29, 1.82) is 0 Å². The molecule has 1 amide bonds. The van der Waals surface area contributed by atoms with Gasteiger partial charge in [0.2, 0.25) is 0 Å². The first kappa shape index (κ1) is 16.0. The maximum absolute atomic E-state index is 12.8. The molecule has 2 N–H and O–H groups in total. The molecule has 0 saturated heterocycles. The molecule has 1 aromatic heterocycles. The highest BCUT2D eigenvalue weighted by Gasteiger charge is 2.29. The van der Waals surface area contributed by atoms with Gasteiger partial charge in [0.25, 0.3) is 5.91 Å². The van der Waals surface area contributed by atoms with E-state index in [1.807, 2.05) is 22.8 Å². The van der Waals surface area contributed by atoms with Crippen LogP contribution < -0.4 is 10.1 Å². The molecule has 2 aliphatic rings. The molecule has 1 aliphatic carbocycles. The summed E-state index contributed by atoms with van der Waals surface area (Å²) in [7, 11) is 1.62. The molecule has 2 heterocycles. The summed E-state index contributed by atoms with van der Waals surface area (Å²) >= 11 is 0. The van der Waals surface area contributed by atoms with Crippen molar-refractivity contribution in [2.45, 2.75) is 51.1 Å². The monoisotopic (exact) mass is 341 g/mol. The van der Waals surface area contributed by atoms with Crippen LogP contribution in [0.15, 0.2) is 24.0 Å². The third kappa shape index (κ3) is 2.86. The largest absolute Gasteiger partial charge is 0.511 e. The van der Waals surface area contributed by atoms with E-state index in [2.05, 4.69) is 10.3 Å². The fourth-order valence-electron chi connectivity index (χ4n) is 3.86. The number of methoxy groups -OCH3 is 1. The molecule has 6 heteroatoms. The van der Waals surface area contributed by atoms with Crippen LogP contribution in [0.4, 0.5) is 0 Å². The van der Waals surface area contributed by atoms with Crippen molar-refractivity contribution in [3.8, 4) is 5.75 Å². The number of aliphatic hydroxyl groups is 1. The summed E-state index contributed by atoms with van der Waals surface area (Å²) in [5.74, 6) is 1.18. The second kappa shape index (κ2) is 6.43. The number of nitrogens with one attached hydrogen (secondary N) is 1. The molecule has 2 aromatic rings. The number of hydrogen-bond acceptors (Lipinski definition) is 4. The van der Waals surface area contributed by atoms with Crippen molar-refractivity contribution in [3.63, 3.8) is 0 Å². The molecular formula is C19H23N3O3. The van der Waals surface area contributed by atoms with Gasteiger partial charge in [-0.05, 0) is 25.0 Å². The highest BCUT2D eigenvalue weighted by molar-refractivity contribution is 6.20. The molecule has 25 heavy (non-hydrogen) atoms. The number of nitrogens with zero attached hydrogens (tertiary/aromatic N) is 2. The van der Waals surface area contributed by atoms with Crippen LogP contribution in [-0.4, -0.2) is 33.7 Å². The Hall–Kier alpha value is -2.50. The SMILES string of the molecule is COc1ccc2c(c1)nc1n2CCC(O)=C1C(=O)NC1CCCCC1. The Balaban J connectivity index is 1.69. The number of imidazole rings is 1. The summed E-state index contributed by atoms with van der Waals surface area (Å²) in [5.41, 5.74) is 2.03. The van der Waals surface area contributed by atoms with Crippen LogP contribution in [0.25, 0.3) is 16.6 Å². The molecule has 0 bridgehead atoms. The number of aliphatic hydroxyl groups excluding tert-OH is 1. The number of carbonyl (C=O) groups is 1. The van der Waals surface area contributed by atoms with Crippen molar-refractivity contribution < 1.29 is 14.6 Å². The Bertz CT molecular complexity index is 847. The van der Waals surface area contributed by atoms with Gasteiger partial charge in [0.05, 0.1) is 18.1 Å². The van der Waals surface area contributed by atoms with E-state index >= 15 is 0 Å². The third-order valence-electron chi connectivity index (χ3n) is 5.21. The van der Waals surface area contributed by atoms with E-state index in [9.17, 15) is 9.90 Å². The molecule has 1 fully saturated rings. The number of amides is 1. The topological polar surface area (TPSA) is 76.4 Å². The first-order chi connectivity index (χ1) is 12.2. The van der Waals surface area contributed by atoms with Crippen LogP contribution in [-0.2, 0) is 11.3 Å². The smallest absolute Gasteiger partial charge is 0.258 e. The molecule has 0 unspecified atom stereocenters. The van der Waals surface area contributed by atoms with Gasteiger partial charge in [0.15, 0.2) is 0 Å². The summed E-state index contributed by atoms with van der Waals surface area (Å²) in [6.07, 6.45) is 5.99. The second-order valence-electron chi connectivity index (χ2n) is 6.82. The van der Waals surface area contributed by atoms with Crippen LogP contribution in [0.1, 0.15) is 44.3 Å². The molecule has 1 aromatic carbocycles. The number of ether oxygens (including phenoxy) is 1. The second-order valence-corrected chi connectivity index (χ2v) is 6.82. The zero-order chi connectivity index (χ0) is 17.4. The Morgan fingerprint density at radius 2 is 2.12 bits per heavy atom. The van der Waals surface area contributed by atoms with E-state index in [4.69, 9.17) is 4.74 Å². The predicted molar refractivity (Wildman–Crippen MR) is 95.5 cm³/mol. The van der Waals surface area contributed by atoms with Crippen LogP contribution in [0.5, 0.6) is 5.75 Å². The Labute approximate surface area is 146 Å². The number of carbonyl (C=O) groups excluding carboxylic acids is 1. The van der Waals surface area contributed by atoms with Gasteiger partial charge in [-0.25, -0.2) is 4.98 Å². The lowest BCUT2D eigenvalue weighted by Crippen LogP contribution is -2.38. The van der Waals surface area contributed by atoms with Crippen molar-refractivity contribution in [2.75, 3.05) is 7.11 Å². The number of rotatable bonds is 3. The van der Waals surface area contributed by atoms with E-state index < -0.39 is 0 Å². The van der Waals surface area contributed by atoms with Gasteiger partial charge in [0.1, 0.15) is 22.9 Å². The first-order valence-corrected chi connectivity index (χ1v) is 8.95. The molecule has 6 nitrogen and oxygen atoms in total. The standard InChI is InChI=1S/C19H23N3O3/c1-25-13-7-8-15-14(11-13)21-18-17(16(23)9-10-22(15)18)19(24)20-12-5-3-2-4-6-12/h7-8,11-12,23H,2-6,9-10H2,1H3,(H,20,24). The Morgan fingerprint density at radius 1 is 1.32 bits per heavy atom. The molecule has 1 aliphatic heterocycles. The van der Waals surface area contributed by atoms with Crippen molar-refractivity contribution in [1.82, 2.24) is 14.9 Å². The normalized spacial score (nSPS) is 18.3. The lowest BCUT2D eigenvalue weighted by Gasteiger charge is -2.25. The molecule has 0 spiro atoms. The summed E-state index contributed by atoms with van der Waals surface area (Å²) < 4.78 is 7.26. The highest BCUT2D eigenvalue weighted by atomic mass is 16.5. The average molecular weight is 341 g/mol. The lowest BCUT2D eigenvalue weighted by atomic mass is 9.95. The number of benzene rings is 1. The van der Waals surface area contributed by atoms with Crippen molar-refractivity contribution >= 4 is 22.5 Å². The minimum absolute atomic E-state index is 0.128.